The molecular weight excluding hydrogens is 196 g/mol. The van der Waals surface area contributed by atoms with Crippen molar-refractivity contribution in [2.75, 3.05) is 5.75 Å². The molecule has 60 valence electrons. The van der Waals surface area contributed by atoms with Crippen molar-refractivity contribution in [1.82, 2.24) is 0 Å². The molecule has 0 aromatic carbocycles. The Morgan fingerprint density at radius 1 is 1.55 bits per heavy atom. The zero-order chi connectivity index (χ0) is 7.68. The van der Waals surface area contributed by atoms with Crippen molar-refractivity contribution in [3.05, 3.63) is 21.4 Å². The quantitative estimate of drug-likeness (QED) is 0.633. The van der Waals surface area contributed by atoms with Gasteiger partial charge in [-0.3, -0.25) is 0 Å². The number of thiophene rings is 1. The fourth-order valence-electron chi connectivity index (χ4n) is 1.27. The van der Waals surface area contributed by atoms with Gasteiger partial charge >= 0.3 is 0 Å². The SMILES string of the molecule is ClCc1cc2c(s1)CCSC2. The lowest BCUT2D eigenvalue weighted by molar-refractivity contribution is 1.13. The third-order valence-electron chi connectivity index (χ3n) is 1.81. The molecule has 0 fully saturated rings. The van der Waals surface area contributed by atoms with E-state index in [1.165, 1.54) is 28.4 Å². The van der Waals surface area contributed by atoms with Crippen LogP contribution >= 0.6 is 34.7 Å². The van der Waals surface area contributed by atoms with Crippen LogP contribution in [0.25, 0.3) is 0 Å². The molecular formula is C8H9ClS2. The summed E-state index contributed by atoms with van der Waals surface area (Å²) in [5, 5.41) is 0. The molecule has 2 heterocycles. The highest BCUT2D eigenvalue weighted by Crippen LogP contribution is 2.32. The molecule has 11 heavy (non-hydrogen) atoms. The Bertz CT molecular complexity index is 231. The third-order valence-corrected chi connectivity index (χ3v) is 4.50. The summed E-state index contributed by atoms with van der Waals surface area (Å²) < 4.78 is 0. The smallest absolute Gasteiger partial charge is 0.0568 e. The minimum Gasteiger partial charge on any atom is -0.157 e. The maximum atomic E-state index is 5.75. The number of thioether (sulfide) groups is 1. The fraction of sp³-hybridized carbons (Fsp3) is 0.500. The molecule has 0 spiro atoms. The Kier molecular flexibility index (Phi) is 2.45. The van der Waals surface area contributed by atoms with Gasteiger partial charge in [0, 0.05) is 15.5 Å². The summed E-state index contributed by atoms with van der Waals surface area (Å²) in [6, 6.07) is 2.26. The van der Waals surface area contributed by atoms with Crippen LogP contribution in [0.5, 0.6) is 0 Å². The summed E-state index contributed by atoms with van der Waals surface area (Å²) in [7, 11) is 0. The van der Waals surface area contributed by atoms with E-state index in [1.807, 2.05) is 23.1 Å². The molecule has 0 radical (unpaired) electrons. The minimum absolute atomic E-state index is 0.683. The van der Waals surface area contributed by atoms with Gasteiger partial charge in [0.2, 0.25) is 0 Å². The average Bonchev–Trinajstić information content (AvgIpc) is 2.46. The van der Waals surface area contributed by atoms with E-state index >= 15 is 0 Å². The van der Waals surface area contributed by atoms with Crippen molar-refractivity contribution in [3.63, 3.8) is 0 Å². The number of halogens is 1. The van der Waals surface area contributed by atoms with E-state index in [4.69, 9.17) is 11.6 Å². The second-order valence-corrected chi connectivity index (χ2v) is 5.19. The van der Waals surface area contributed by atoms with Crippen LogP contribution in [0.3, 0.4) is 0 Å². The number of rotatable bonds is 1. The Morgan fingerprint density at radius 2 is 2.45 bits per heavy atom. The predicted molar refractivity (Wildman–Crippen MR) is 53.7 cm³/mol. The number of aryl methyl sites for hydroxylation is 1. The van der Waals surface area contributed by atoms with Crippen LogP contribution in [-0.2, 0) is 18.1 Å². The van der Waals surface area contributed by atoms with Gasteiger partial charge in [-0.1, -0.05) is 0 Å². The zero-order valence-electron chi connectivity index (χ0n) is 6.10. The van der Waals surface area contributed by atoms with Crippen LogP contribution in [0.2, 0.25) is 0 Å². The molecule has 2 rings (SSSR count). The van der Waals surface area contributed by atoms with Gasteiger partial charge in [0.15, 0.2) is 0 Å². The van der Waals surface area contributed by atoms with Crippen LogP contribution < -0.4 is 0 Å². The van der Waals surface area contributed by atoms with Crippen LogP contribution in [0.15, 0.2) is 6.07 Å². The van der Waals surface area contributed by atoms with Gasteiger partial charge in [-0.15, -0.1) is 22.9 Å². The molecule has 0 N–H and O–H groups in total. The number of hydrogen-bond donors (Lipinski definition) is 0. The predicted octanol–water partition coefficient (Wildman–Crippen LogP) is 3.28. The highest BCUT2D eigenvalue weighted by molar-refractivity contribution is 7.98. The molecule has 0 atom stereocenters. The summed E-state index contributed by atoms with van der Waals surface area (Å²) >= 11 is 9.67. The van der Waals surface area contributed by atoms with Gasteiger partial charge in [0.05, 0.1) is 5.88 Å². The maximum absolute atomic E-state index is 5.75. The van der Waals surface area contributed by atoms with Crippen LogP contribution in [-0.4, -0.2) is 5.75 Å². The molecule has 0 amide bonds. The lowest BCUT2D eigenvalue weighted by atomic mass is 10.2. The van der Waals surface area contributed by atoms with E-state index in [-0.39, 0.29) is 0 Å². The maximum Gasteiger partial charge on any atom is 0.0568 e. The van der Waals surface area contributed by atoms with E-state index in [9.17, 15) is 0 Å². The van der Waals surface area contributed by atoms with Crippen molar-refractivity contribution in [2.45, 2.75) is 18.1 Å². The van der Waals surface area contributed by atoms with Gasteiger partial charge in [-0.2, -0.15) is 11.8 Å². The highest BCUT2D eigenvalue weighted by atomic mass is 35.5. The molecule has 1 aliphatic rings. The summed E-state index contributed by atoms with van der Waals surface area (Å²) in [6.07, 6.45) is 1.25. The molecule has 0 saturated carbocycles. The van der Waals surface area contributed by atoms with E-state index in [0.717, 1.165) is 0 Å². The van der Waals surface area contributed by atoms with Gasteiger partial charge in [0.25, 0.3) is 0 Å². The molecule has 0 saturated heterocycles. The first-order valence-corrected chi connectivity index (χ1v) is 6.15. The largest absolute Gasteiger partial charge is 0.157 e. The van der Waals surface area contributed by atoms with Crippen molar-refractivity contribution < 1.29 is 0 Å². The lowest BCUT2D eigenvalue weighted by Gasteiger charge is -2.08. The van der Waals surface area contributed by atoms with Crippen LogP contribution in [0.4, 0.5) is 0 Å². The van der Waals surface area contributed by atoms with E-state index in [0.29, 0.717) is 5.88 Å². The number of hydrogen-bond acceptors (Lipinski definition) is 2. The molecule has 0 bridgehead atoms. The second kappa shape index (κ2) is 3.38. The van der Waals surface area contributed by atoms with Gasteiger partial charge in [-0.05, 0) is 23.8 Å². The summed E-state index contributed by atoms with van der Waals surface area (Å²) in [4.78, 5) is 2.90. The Morgan fingerprint density at radius 3 is 3.18 bits per heavy atom. The topological polar surface area (TPSA) is 0 Å². The second-order valence-electron chi connectivity index (χ2n) is 2.60. The molecule has 1 aromatic heterocycles. The number of alkyl halides is 1. The zero-order valence-corrected chi connectivity index (χ0v) is 8.49. The van der Waals surface area contributed by atoms with Crippen molar-refractivity contribution in [3.8, 4) is 0 Å². The number of fused-ring (bicyclic) bond motifs is 1. The first kappa shape index (κ1) is 7.96. The monoisotopic (exact) mass is 204 g/mol. The van der Waals surface area contributed by atoms with Crippen LogP contribution in [0.1, 0.15) is 15.3 Å². The highest BCUT2D eigenvalue weighted by Gasteiger charge is 2.12. The molecule has 0 unspecified atom stereocenters. The first-order chi connectivity index (χ1) is 5.40. The summed E-state index contributed by atoms with van der Waals surface area (Å²) in [6.45, 7) is 0. The summed E-state index contributed by atoms with van der Waals surface area (Å²) in [5.41, 5.74) is 1.53. The van der Waals surface area contributed by atoms with E-state index < -0.39 is 0 Å². The Labute approximate surface area is 80.0 Å². The summed E-state index contributed by atoms with van der Waals surface area (Å²) in [5.74, 6) is 3.17. The Balaban J connectivity index is 2.32. The molecule has 1 aromatic rings. The normalized spacial score (nSPS) is 16.5. The van der Waals surface area contributed by atoms with Crippen molar-refractivity contribution >= 4 is 34.7 Å². The standard InChI is InChI=1S/C8H9ClS2/c9-4-7-3-6-5-10-2-1-8(6)11-7/h3H,1-2,4-5H2. The first-order valence-electron chi connectivity index (χ1n) is 3.64. The Hall–Kier alpha value is 0.340. The molecule has 1 aliphatic heterocycles. The average molecular weight is 205 g/mol. The van der Waals surface area contributed by atoms with Gasteiger partial charge in [-0.25, -0.2) is 0 Å². The lowest BCUT2D eigenvalue weighted by Crippen LogP contribution is -1.96. The molecule has 0 aliphatic carbocycles. The molecule has 3 heteroatoms. The molecule has 0 nitrogen and oxygen atoms in total. The third kappa shape index (κ3) is 1.58. The van der Waals surface area contributed by atoms with E-state index in [2.05, 4.69) is 6.07 Å². The fourth-order valence-corrected chi connectivity index (χ4v) is 3.74. The van der Waals surface area contributed by atoms with Gasteiger partial charge in [0.1, 0.15) is 0 Å². The van der Waals surface area contributed by atoms with Crippen molar-refractivity contribution in [2.24, 2.45) is 0 Å². The van der Waals surface area contributed by atoms with Gasteiger partial charge < -0.3 is 0 Å². The van der Waals surface area contributed by atoms with Crippen LogP contribution in [0, 0.1) is 0 Å². The van der Waals surface area contributed by atoms with E-state index in [1.54, 1.807) is 4.88 Å². The minimum atomic E-state index is 0.683. The van der Waals surface area contributed by atoms with Crippen molar-refractivity contribution in [1.29, 1.82) is 0 Å².